The molecule has 0 aliphatic heterocycles. The van der Waals surface area contributed by atoms with Crippen molar-refractivity contribution in [2.75, 3.05) is 6.67 Å². The van der Waals surface area contributed by atoms with Gasteiger partial charge in [0, 0.05) is 16.9 Å². The lowest BCUT2D eigenvalue weighted by atomic mass is 9.71. The molecule has 5 rings (SSSR count). The van der Waals surface area contributed by atoms with E-state index in [1.165, 1.54) is 22.5 Å². The molecule has 1 atom stereocenters. The highest BCUT2D eigenvalue weighted by Crippen LogP contribution is 2.45. The van der Waals surface area contributed by atoms with Gasteiger partial charge in [0.15, 0.2) is 0 Å². The first-order valence-electron chi connectivity index (χ1n) is 12.6. The monoisotopic (exact) mass is 512 g/mol. The van der Waals surface area contributed by atoms with Crippen LogP contribution in [-0.2, 0) is 13.2 Å². The van der Waals surface area contributed by atoms with E-state index in [0.29, 0.717) is 11.4 Å². The van der Waals surface area contributed by atoms with Gasteiger partial charge in [-0.2, -0.15) is 15.0 Å². The van der Waals surface area contributed by atoms with Crippen LogP contribution in [0.15, 0.2) is 85.1 Å². The molecule has 1 unspecified atom stereocenters. The fourth-order valence-corrected chi connectivity index (χ4v) is 4.87. The third kappa shape index (κ3) is 5.57. The second kappa shape index (κ2) is 10.7. The molecule has 5 aromatic rings. The lowest BCUT2D eigenvalue weighted by Gasteiger charge is -2.33. The van der Waals surface area contributed by atoms with E-state index in [0.717, 1.165) is 27.7 Å². The summed E-state index contributed by atoms with van der Waals surface area (Å²) in [5.41, 5.74) is 5.19. The van der Waals surface area contributed by atoms with Crippen LogP contribution in [0.25, 0.3) is 22.2 Å². The number of pyridine rings is 1. The van der Waals surface area contributed by atoms with Crippen LogP contribution in [0.1, 0.15) is 43.5 Å². The molecule has 0 aliphatic carbocycles. The van der Waals surface area contributed by atoms with Crippen molar-refractivity contribution >= 4 is 10.9 Å². The molecule has 2 aromatic heterocycles. The lowest BCUT2D eigenvalue weighted by Crippen LogP contribution is -2.20. The topological polar surface area (TPSA) is 52.8 Å². The number of hydrogen-bond donors (Lipinski definition) is 0. The molecule has 0 radical (unpaired) electrons. The molecule has 0 spiro atoms. The van der Waals surface area contributed by atoms with Gasteiger partial charge in [0.2, 0.25) is 0 Å². The quantitative estimate of drug-likeness (QED) is 0.218. The predicted molar refractivity (Wildman–Crippen MR) is 145 cm³/mol. The molecule has 0 saturated heterocycles. The number of fused-ring (bicyclic) bond motifs is 1. The summed E-state index contributed by atoms with van der Waals surface area (Å²) < 4.78 is 32.7. The third-order valence-corrected chi connectivity index (χ3v) is 6.53. The van der Waals surface area contributed by atoms with E-state index in [2.05, 4.69) is 54.2 Å². The zero-order chi connectivity index (χ0) is 26.7. The van der Waals surface area contributed by atoms with Gasteiger partial charge in [-0.3, -0.25) is 0 Å². The van der Waals surface area contributed by atoms with Gasteiger partial charge in [-0.25, -0.2) is 13.8 Å². The first-order chi connectivity index (χ1) is 18.3. The van der Waals surface area contributed by atoms with Gasteiger partial charge in [0.1, 0.15) is 30.5 Å². The van der Waals surface area contributed by atoms with Crippen molar-refractivity contribution in [2.24, 2.45) is 5.41 Å². The van der Waals surface area contributed by atoms with Crippen LogP contribution >= 0.6 is 0 Å². The van der Waals surface area contributed by atoms with Crippen LogP contribution in [0.5, 0.6) is 5.75 Å². The van der Waals surface area contributed by atoms with E-state index in [1.54, 1.807) is 12.3 Å². The fraction of sp³-hybridized carbons (Fsp3) is 0.258. The first-order valence-corrected chi connectivity index (χ1v) is 12.6. The largest absolute Gasteiger partial charge is 0.487 e. The molecule has 0 aliphatic rings. The Morgan fingerprint density at radius 2 is 1.76 bits per heavy atom. The molecule has 5 nitrogen and oxygen atoms in total. The highest BCUT2D eigenvalue weighted by atomic mass is 19.1. The molecule has 38 heavy (non-hydrogen) atoms. The summed E-state index contributed by atoms with van der Waals surface area (Å²) in [4.78, 5) is 6.00. The first kappa shape index (κ1) is 25.5. The van der Waals surface area contributed by atoms with E-state index in [-0.39, 0.29) is 30.3 Å². The molecule has 2 heterocycles. The summed E-state index contributed by atoms with van der Waals surface area (Å²) in [6, 6.07) is 24.6. The average Bonchev–Trinajstić information content (AvgIpc) is 3.36. The smallest absolute Gasteiger partial charge is 0.130 e. The van der Waals surface area contributed by atoms with Gasteiger partial charge in [-0.1, -0.05) is 57.2 Å². The van der Waals surface area contributed by atoms with Crippen LogP contribution in [0.3, 0.4) is 0 Å². The minimum Gasteiger partial charge on any atom is -0.487 e. The Bertz CT molecular complexity index is 1540. The van der Waals surface area contributed by atoms with Gasteiger partial charge in [-0.15, -0.1) is 0 Å². The number of aromatic nitrogens is 4. The number of nitrogens with zero attached hydrogens (tertiary/aromatic N) is 4. The summed E-state index contributed by atoms with van der Waals surface area (Å²) >= 11 is 0. The summed E-state index contributed by atoms with van der Waals surface area (Å²) in [6.07, 6.45) is 1.68. The van der Waals surface area contributed by atoms with Gasteiger partial charge < -0.3 is 4.74 Å². The number of aryl methyl sites for hydroxylation is 1. The molecule has 3 aromatic carbocycles. The van der Waals surface area contributed by atoms with Crippen molar-refractivity contribution in [2.45, 2.75) is 39.8 Å². The normalized spacial score (nSPS) is 12.6. The van der Waals surface area contributed by atoms with E-state index >= 15 is 0 Å². The number of rotatable bonds is 8. The lowest BCUT2D eigenvalue weighted by molar-refractivity contribution is 0.300. The van der Waals surface area contributed by atoms with Crippen LogP contribution in [0.2, 0.25) is 0 Å². The number of alkyl halides is 1. The molecule has 0 bridgehead atoms. The van der Waals surface area contributed by atoms with Gasteiger partial charge in [0.05, 0.1) is 24.0 Å². The van der Waals surface area contributed by atoms with E-state index in [4.69, 9.17) is 4.74 Å². The molecular weight excluding hydrogens is 482 g/mol. The zero-order valence-corrected chi connectivity index (χ0v) is 21.7. The van der Waals surface area contributed by atoms with E-state index < -0.39 is 6.67 Å². The van der Waals surface area contributed by atoms with E-state index in [9.17, 15) is 8.78 Å². The predicted octanol–water partition coefficient (Wildman–Crippen LogP) is 7.36. The molecule has 0 fully saturated rings. The molecule has 0 amide bonds. The Labute approximate surface area is 221 Å². The molecule has 0 saturated carbocycles. The summed E-state index contributed by atoms with van der Waals surface area (Å²) in [5.74, 6) is 0.445. The van der Waals surface area contributed by atoms with Crippen LogP contribution < -0.4 is 4.74 Å². The van der Waals surface area contributed by atoms with Crippen LogP contribution in [-0.4, -0.2) is 26.7 Å². The van der Waals surface area contributed by atoms with Gasteiger partial charge in [-0.05, 0) is 59.0 Å². The maximum Gasteiger partial charge on any atom is 0.130 e. The number of hydrogen-bond acceptors (Lipinski definition) is 4. The number of ether oxygens (including phenoxy) is 1. The Morgan fingerprint density at radius 3 is 2.53 bits per heavy atom. The Balaban J connectivity index is 1.52. The molecule has 7 heteroatoms. The minimum atomic E-state index is -0.528. The SMILES string of the molecule is CC(C)(C)C(c1ccccc1)c1cc(OCc2ccc3cc(F)ccc3n2)ccc1-c1cnn(CCF)n1. The molecular formula is C31H30F2N4O. The second-order valence-corrected chi connectivity index (χ2v) is 10.4. The standard InChI is InChI=1S/C31H30F2N4O/c1-31(2,3)30(21-7-5-4-6-8-21)27-18-25(12-13-26(27)29-19-34-37(36-29)16-15-32)38-20-24-11-9-22-17-23(33)10-14-28(22)35-24/h4-14,17-19,30H,15-16,20H2,1-3H3. The van der Waals surface area contributed by atoms with Crippen molar-refractivity contribution in [1.29, 1.82) is 0 Å². The highest BCUT2D eigenvalue weighted by molar-refractivity contribution is 5.78. The van der Waals surface area contributed by atoms with Crippen LogP contribution in [0.4, 0.5) is 8.78 Å². The molecule has 0 N–H and O–H groups in total. The number of halogens is 2. The third-order valence-electron chi connectivity index (χ3n) is 6.53. The second-order valence-electron chi connectivity index (χ2n) is 10.4. The Kier molecular flexibility index (Phi) is 7.18. The maximum absolute atomic E-state index is 13.5. The minimum absolute atomic E-state index is 0.0299. The maximum atomic E-state index is 13.5. The molecule has 194 valence electrons. The van der Waals surface area contributed by atoms with Crippen molar-refractivity contribution in [3.8, 4) is 17.0 Å². The van der Waals surface area contributed by atoms with Gasteiger partial charge in [0.25, 0.3) is 0 Å². The summed E-state index contributed by atoms with van der Waals surface area (Å²) in [5, 5.41) is 9.53. The summed E-state index contributed by atoms with van der Waals surface area (Å²) in [6.45, 7) is 6.49. The van der Waals surface area contributed by atoms with Crippen molar-refractivity contribution < 1.29 is 13.5 Å². The summed E-state index contributed by atoms with van der Waals surface area (Å²) in [7, 11) is 0. The Morgan fingerprint density at radius 1 is 0.947 bits per heavy atom. The zero-order valence-electron chi connectivity index (χ0n) is 21.7. The Hall–Kier alpha value is -4.13. The van der Waals surface area contributed by atoms with Crippen LogP contribution in [0, 0.1) is 11.2 Å². The van der Waals surface area contributed by atoms with Crippen molar-refractivity contribution in [3.05, 3.63) is 108 Å². The highest BCUT2D eigenvalue weighted by Gasteiger charge is 2.31. The number of benzene rings is 3. The van der Waals surface area contributed by atoms with Gasteiger partial charge >= 0.3 is 0 Å². The van der Waals surface area contributed by atoms with Crippen molar-refractivity contribution in [3.63, 3.8) is 0 Å². The van der Waals surface area contributed by atoms with Crippen molar-refractivity contribution in [1.82, 2.24) is 20.0 Å². The van der Waals surface area contributed by atoms with E-state index in [1.807, 2.05) is 42.5 Å². The fourth-order valence-electron chi connectivity index (χ4n) is 4.87. The average molecular weight is 513 g/mol.